The predicted octanol–water partition coefficient (Wildman–Crippen LogP) is 2.16. The molecule has 4 atom stereocenters. The SMILES string of the molecule is CC1CN2CCCCC2CN1C1(CN)CCCSC1C. The first-order valence-corrected chi connectivity index (χ1v) is 9.55. The molecule has 0 aliphatic carbocycles. The van der Waals surface area contributed by atoms with Crippen LogP contribution in [-0.2, 0) is 0 Å². The minimum Gasteiger partial charge on any atom is -0.329 e. The summed E-state index contributed by atoms with van der Waals surface area (Å²) in [6.45, 7) is 9.50. The molecule has 20 heavy (non-hydrogen) atoms. The lowest BCUT2D eigenvalue weighted by atomic mass is 9.83. The maximum absolute atomic E-state index is 6.32. The highest BCUT2D eigenvalue weighted by Crippen LogP contribution is 2.41. The van der Waals surface area contributed by atoms with Crippen molar-refractivity contribution >= 4 is 11.8 Å². The van der Waals surface area contributed by atoms with Gasteiger partial charge in [-0.05, 0) is 44.9 Å². The van der Waals surface area contributed by atoms with Crippen molar-refractivity contribution in [2.24, 2.45) is 5.73 Å². The van der Waals surface area contributed by atoms with Gasteiger partial charge in [0, 0.05) is 42.5 Å². The largest absolute Gasteiger partial charge is 0.329 e. The van der Waals surface area contributed by atoms with E-state index in [0.717, 1.165) is 12.6 Å². The van der Waals surface area contributed by atoms with Crippen LogP contribution >= 0.6 is 11.8 Å². The molecule has 0 spiro atoms. The zero-order valence-corrected chi connectivity index (χ0v) is 14.0. The number of piperazine rings is 1. The van der Waals surface area contributed by atoms with E-state index in [9.17, 15) is 0 Å². The lowest BCUT2D eigenvalue weighted by molar-refractivity contribution is -0.0490. The molecule has 3 aliphatic heterocycles. The smallest absolute Gasteiger partial charge is 0.0451 e. The van der Waals surface area contributed by atoms with Crippen LogP contribution < -0.4 is 5.73 Å². The van der Waals surface area contributed by atoms with E-state index >= 15 is 0 Å². The summed E-state index contributed by atoms with van der Waals surface area (Å²) >= 11 is 2.14. The molecule has 3 saturated heterocycles. The Morgan fingerprint density at radius 3 is 2.80 bits per heavy atom. The van der Waals surface area contributed by atoms with E-state index < -0.39 is 0 Å². The highest BCUT2D eigenvalue weighted by molar-refractivity contribution is 8.00. The summed E-state index contributed by atoms with van der Waals surface area (Å²) in [5.74, 6) is 1.32. The van der Waals surface area contributed by atoms with Gasteiger partial charge in [0.25, 0.3) is 0 Å². The molecule has 0 bridgehead atoms. The Bertz CT molecular complexity index is 338. The summed E-state index contributed by atoms with van der Waals surface area (Å²) in [5.41, 5.74) is 6.58. The Hall–Kier alpha value is 0.230. The van der Waals surface area contributed by atoms with Gasteiger partial charge in [-0.3, -0.25) is 9.80 Å². The van der Waals surface area contributed by atoms with E-state index in [4.69, 9.17) is 5.73 Å². The van der Waals surface area contributed by atoms with Gasteiger partial charge in [-0.25, -0.2) is 0 Å². The molecule has 116 valence electrons. The average molecular weight is 298 g/mol. The van der Waals surface area contributed by atoms with Crippen LogP contribution in [0, 0.1) is 0 Å². The highest BCUT2D eigenvalue weighted by Gasteiger charge is 2.47. The normalized spacial score (nSPS) is 44.2. The highest BCUT2D eigenvalue weighted by atomic mass is 32.2. The number of nitrogens with two attached hydrogens (primary N) is 1. The first kappa shape index (κ1) is 15.1. The third kappa shape index (κ3) is 2.53. The standard InChI is InChI=1S/C16H31N3S/c1-13-10-18-8-4-3-6-15(18)11-19(13)16(12-17)7-5-9-20-14(16)2/h13-15H,3-12,17H2,1-2H3. The minimum atomic E-state index is 0.256. The van der Waals surface area contributed by atoms with Crippen molar-refractivity contribution in [2.75, 3.05) is 31.9 Å². The molecule has 4 heteroatoms. The Labute approximate surface area is 128 Å². The molecule has 3 fully saturated rings. The van der Waals surface area contributed by atoms with E-state index in [1.165, 1.54) is 57.5 Å². The number of piperidine rings is 1. The fourth-order valence-corrected chi connectivity index (χ4v) is 6.06. The average Bonchev–Trinajstić information content (AvgIpc) is 2.47. The second-order valence-electron chi connectivity index (χ2n) is 7.07. The second kappa shape index (κ2) is 6.15. The molecule has 0 radical (unpaired) electrons. The van der Waals surface area contributed by atoms with Gasteiger partial charge in [0.2, 0.25) is 0 Å². The van der Waals surface area contributed by atoms with Gasteiger partial charge in [0.15, 0.2) is 0 Å². The van der Waals surface area contributed by atoms with Gasteiger partial charge in [0.1, 0.15) is 0 Å². The molecular formula is C16H31N3S. The van der Waals surface area contributed by atoms with Crippen LogP contribution in [0.2, 0.25) is 0 Å². The Balaban J connectivity index is 1.80. The molecule has 3 nitrogen and oxygen atoms in total. The topological polar surface area (TPSA) is 32.5 Å². The van der Waals surface area contributed by atoms with E-state index in [2.05, 4.69) is 35.4 Å². The summed E-state index contributed by atoms with van der Waals surface area (Å²) in [7, 11) is 0. The molecule has 4 unspecified atom stereocenters. The van der Waals surface area contributed by atoms with Crippen LogP contribution in [0.1, 0.15) is 46.0 Å². The molecule has 0 saturated carbocycles. The Morgan fingerprint density at radius 2 is 2.05 bits per heavy atom. The summed E-state index contributed by atoms with van der Waals surface area (Å²) in [4.78, 5) is 5.56. The fourth-order valence-electron chi connectivity index (χ4n) is 4.73. The zero-order valence-electron chi connectivity index (χ0n) is 13.2. The molecule has 0 amide bonds. The van der Waals surface area contributed by atoms with Crippen LogP contribution in [0.15, 0.2) is 0 Å². The van der Waals surface area contributed by atoms with Gasteiger partial charge in [-0.2, -0.15) is 11.8 Å². The molecular weight excluding hydrogens is 266 g/mol. The van der Waals surface area contributed by atoms with Crippen molar-refractivity contribution in [1.82, 2.24) is 9.80 Å². The molecule has 0 aromatic rings. The maximum atomic E-state index is 6.32. The van der Waals surface area contributed by atoms with Crippen molar-refractivity contribution in [3.05, 3.63) is 0 Å². The van der Waals surface area contributed by atoms with Gasteiger partial charge >= 0.3 is 0 Å². The minimum absolute atomic E-state index is 0.256. The Morgan fingerprint density at radius 1 is 1.20 bits per heavy atom. The molecule has 2 N–H and O–H groups in total. The molecule has 3 aliphatic rings. The summed E-state index contributed by atoms with van der Waals surface area (Å²) in [6, 6.07) is 1.46. The number of rotatable bonds is 2. The number of hydrogen-bond acceptors (Lipinski definition) is 4. The predicted molar refractivity (Wildman–Crippen MR) is 88.3 cm³/mol. The van der Waals surface area contributed by atoms with Gasteiger partial charge in [-0.1, -0.05) is 13.3 Å². The monoisotopic (exact) mass is 297 g/mol. The third-order valence-electron chi connectivity index (χ3n) is 5.99. The quantitative estimate of drug-likeness (QED) is 0.846. The second-order valence-corrected chi connectivity index (χ2v) is 8.52. The van der Waals surface area contributed by atoms with Crippen molar-refractivity contribution in [2.45, 2.75) is 68.8 Å². The van der Waals surface area contributed by atoms with Crippen LogP contribution in [0.4, 0.5) is 0 Å². The zero-order chi connectivity index (χ0) is 14.2. The molecule has 3 rings (SSSR count). The lowest BCUT2D eigenvalue weighted by Gasteiger charge is -2.57. The van der Waals surface area contributed by atoms with E-state index in [0.29, 0.717) is 11.3 Å². The maximum Gasteiger partial charge on any atom is 0.0451 e. The van der Waals surface area contributed by atoms with Crippen molar-refractivity contribution in [3.63, 3.8) is 0 Å². The summed E-state index contributed by atoms with van der Waals surface area (Å²) < 4.78 is 0. The van der Waals surface area contributed by atoms with E-state index in [1.54, 1.807) is 0 Å². The van der Waals surface area contributed by atoms with Gasteiger partial charge < -0.3 is 5.73 Å². The van der Waals surface area contributed by atoms with Crippen LogP contribution in [0.3, 0.4) is 0 Å². The fraction of sp³-hybridized carbons (Fsp3) is 1.00. The molecule has 3 heterocycles. The summed E-state index contributed by atoms with van der Waals surface area (Å²) in [6.07, 6.45) is 6.85. The van der Waals surface area contributed by atoms with Crippen molar-refractivity contribution in [3.8, 4) is 0 Å². The molecule has 0 aromatic carbocycles. The summed E-state index contributed by atoms with van der Waals surface area (Å²) in [5, 5.41) is 0.679. The lowest BCUT2D eigenvalue weighted by Crippen LogP contribution is -2.70. The molecule has 0 aromatic heterocycles. The first-order chi connectivity index (χ1) is 9.67. The number of hydrogen-bond donors (Lipinski definition) is 1. The van der Waals surface area contributed by atoms with Crippen LogP contribution in [0.25, 0.3) is 0 Å². The Kier molecular flexibility index (Phi) is 4.66. The number of thioether (sulfide) groups is 1. The third-order valence-corrected chi connectivity index (χ3v) is 7.45. The van der Waals surface area contributed by atoms with Crippen LogP contribution in [0.5, 0.6) is 0 Å². The van der Waals surface area contributed by atoms with E-state index in [1.807, 2.05) is 0 Å². The first-order valence-electron chi connectivity index (χ1n) is 8.50. The van der Waals surface area contributed by atoms with Crippen LogP contribution in [-0.4, -0.2) is 64.6 Å². The van der Waals surface area contributed by atoms with Crippen molar-refractivity contribution in [1.29, 1.82) is 0 Å². The van der Waals surface area contributed by atoms with E-state index in [-0.39, 0.29) is 5.54 Å². The van der Waals surface area contributed by atoms with Crippen molar-refractivity contribution < 1.29 is 0 Å². The number of nitrogens with zero attached hydrogens (tertiary/aromatic N) is 2. The van der Waals surface area contributed by atoms with Gasteiger partial charge in [0.05, 0.1) is 0 Å². The number of fused-ring (bicyclic) bond motifs is 1. The van der Waals surface area contributed by atoms with Gasteiger partial charge in [-0.15, -0.1) is 0 Å².